The Morgan fingerprint density at radius 1 is 1.03 bits per heavy atom. The summed E-state index contributed by atoms with van der Waals surface area (Å²) in [6, 6.07) is 8.87. The fraction of sp³-hybridized carbons (Fsp3) is 0.429. The first-order chi connectivity index (χ1) is 14.2. The molecule has 7 nitrogen and oxygen atoms in total. The third kappa shape index (κ3) is 3.82. The lowest BCUT2D eigenvalue weighted by Crippen LogP contribution is -2.42. The molecule has 0 saturated carbocycles. The molecule has 8 heteroatoms. The summed E-state index contributed by atoms with van der Waals surface area (Å²) >= 11 is 1.62. The number of hydrogen-bond donors (Lipinski definition) is 1. The number of nitrogens with zero attached hydrogens (tertiary/aromatic N) is 4. The molecule has 2 aliphatic rings. The second-order valence-electron chi connectivity index (χ2n) is 7.60. The van der Waals surface area contributed by atoms with Gasteiger partial charge in [-0.25, -0.2) is 9.97 Å². The van der Waals surface area contributed by atoms with E-state index in [9.17, 15) is 0 Å². The van der Waals surface area contributed by atoms with Gasteiger partial charge in [-0.2, -0.15) is 0 Å². The second-order valence-corrected chi connectivity index (χ2v) is 8.84. The van der Waals surface area contributed by atoms with Crippen LogP contribution in [0.1, 0.15) is 30.7 Å². The van der Waals surface area contributed by atoms with E-state index >= 15 is 0 Å². The van der Waals surface area contributed by atoms with E-state index in [2.05, 4.69) is 25.5 Å². The quantitative estimate of drug-likeness (QED) is 0.689. The average molecular weight is 410 g/mol. The summed E-state index contributed by atoms with van der Waals surface area (Å²) in [5, 5.41) is 13.2. The highest BCUT2D eigenvalue weighted by Crippen LogP contribution is 2.34. The molecule has 2 bridgehead atoms. The summed E-state index contributed by atoms with van der Waals surface area (Å²) in [7, 11) is 1.62. The monoisotopic (exact) mass is 409 g/mol. The molecule has 2 atom stereocenters. The van der Waals surface area contributed by atoms with Gasteiger partial charge in [-0.05, 0) is 50.8 Å². The molecule has 2 saturated heterocycles. The van der Waals surface area contributed by atoms with Crippen molar-refractivity contribution in [2.45, 2.75) is 50.8 Å². The predicted octanol–water partition coefficient (Wildman–Crippen LogP) is 3.64. The van der Waals surface area contributed by atoms with Crippen molar-refractivity contribution in [1.29, 1.82) is 0 Å². The Balaban J connectivity index is 1.33. The summed E-state index contributed by atoms with van der Waals surface area (Å²) in [5.74, 6) is 1.13. The zero-order valence-corrected chi connectivity index (χ0v) is 17.3. The number of ether oxygens (including phenoxy) is 2. The van der Waals surface area contributed by atoms with Crippen molar-refractivity contribution in [3.8, 4) is 33.6 Å². The number of rotatable bonds is 5. The molecule has 2 unspecified atom stereocenters. The molecule has 2 aliphatic heterocycles. The minimum atomic E-state index is 0.217. The summed E-state index contributed by atoms with van der Waals surface area (Å²) in [4.78, 5) is 9.97. The lowest BCUT2D eigenvalue weighted by Gasteiger charge is -2.28. The van der Waals surface area contributed by atoms with Crippen molar-refractivity contribution >= 4 is 11.3 Å². The summed E-state index contributed by atoms with van der Waals surface area (Å²) in [5.41, 5.74) is 2.33. The van der Waals surface area contributed by atoms with E-state index in [1.54, 1.807) is 18.4 Å². The van der Waals surface area contributed by atoms with Crippen LogP contribution >= 0.6 is 11.3 Å². The number of fused-ring (bicyclic) bond motifs is 2. The van der Waals surface area contributed by atoms with E-state index in [-0.39, 0.29) is 6.10 Å². The van der Waals surface area contributed by atoms with Crippen molar-refractivity contribution in [3.63, 3.8) is 0 Å². The van der Waals surface area contributed by atoms with Gasteiger partial charge in [0, 0.05) is 24.3 Å². The molecule has 2 fully saturated rings. The third-order valence-electron chi connectivity index (χ3n) is 5.56. The molecule has 150 valence electrons. The standard InChI is InChI=1S/C21H23N5O2S/c1-12-22-11-19(29-12)16-5-6-17(24-21(16)27-2)18-7-8-20(26-25-18)28-15-9-13-3-4-14(10-15)23-13/h5-8,11,13-15,23H,3-4,9-10H2,1-2H3. The maximum absolute atomic E-state index is 6.09. The minimum absolute atomic E-state index is 0.217. The number of methoxy groups -OCH3 is 1. The number of pyridine rings is 1. The van der Waals surface area contributed by atoms with Gasteiger partial charge >= 0.3 is 0 Å². The SMILES string of the molecule is COc1nc(-c2ccc(OC3CC4CCC(C3)N4)nn2)ccc1-c1cnc(C)s1. The van der Waals surface area contributed by atoms with Crippen LogP contribution < -0.4 is 14.8 Å². The van der Waals surface area contributed by atoms with Gasteiger partial charge in [-0.1, -0.05) is 0 Å². The Hall–Kier alpha value is -2.58. The topological polar surface area (TPSA) is 82.0 Å². The zero-order chi connectivity index (χ0) is 19.8. The van der Waals surface area contributed by atoms with Crippen LogP contribution in [-0.2, 0) is 0 Å². The first-order valence-electron chi connectivity index (χ1n) is 9.92. The summed E-state index contributed by atoms with van der Waals surface area (Å²) in [6.45, 7) is 1.98. The first-order valence-corrected chi connectivity index (χ1v) is 10.7. The highest BCUT2D eigenvalue weighted by molar-refractivity contribution is 7.15. The third-order valence-corrected chi connectivity index (χ3v) is 6.51. The first kappa shape index (κ1) is 18.4. The molecule has 5 rings (SSSR count). The number of piperidine rings is 1. The van der Waals surface area contributed by atoms with E-state index < -0.39 is 0 Å². The normalized spacial score (nSPS) is 23.2. The smallest absolute Gasteiger partial charge is 0.233 e. The zero-order valence-electron chi connectivity index (χ0n) is 16.5. The van der Waals surface area contributed by atoms with Crippen molar-refractivity contribution in [1.82, 2.24) is 25.5 Å². The molecule has 3 aromatic heterocycles. The second kappa shape index (κ2) is 7.68. The van der Waals surface area contributed by atoms with E-state index in [0.717, 1.165) is 28.3 Å². The molecule has 0 radical (unpaired) electrons. The Labute approximate surface area is 173 Å². The molecular formula is C21H23N5O2S. The fourth-order valence-corrected chi connectivity index (χ4v) is 5.00. The molecule has 1 N–H and O–H groups in total. The lowest BCUT2D eigenvalue weighted by molar-refractivity contribution is 0.130. The van der Waals surface area contributed by atoms with Gasteiger partial charge in [0.05, 0.1) is 28.3 Å². The molecule has 3 aromatic rings. The van der Waals surface area contributed by atoms with E-state index in [0.29, 0.717) is 35.2 Å². The van der Waals surface area contributed by atoms with Crippen molar-refractivity contribution < 1.29 is 9.47 Å². The molecule has 0 aliphatic carbocycles. The largest absolute Gasteiger partial charge is 0.481 e. The highest BCUT2D eigenvalue weighted by atomic mass is 32.1. The average Bonchev–Trinajstić information content (AvgIpc) is 3.32. The van der Waals surface area contributed by atoms with Gasteiger partial charge in [0.15, 0.2) is 0 Å². The van der Waals surface area contributed by atoms with Gasteiger partial charge in [-0.15, -0.1) is 21.5 Å². The van der Waals surface area contributed by atoms with E-state index in [1.165, 1.54) is 12.8 Å². The Kier molecular flexibility index (Phi) is 4.89. The predicted molar refractivity (Wildman–Crippen MR) is 111 cm³/mol. The van der Waals surface area contributed by atoms with Crippen LogP contribution in [0.25, 0.3) is 21.8 Å². The van der Waals surface area contributed by atoms with Crippen LogP contribution in [0.3, 0.4) is 0 Å². The van der Waals surface area contributed by atoms with Gasteiger partial charge in [0.25, 0.3) is 0 Å². The van der Waals surface area contributed by atoms with Crippen molar-refractivity contribution in [3.05, 3.63) is 35.5 Å². The molecule has 0 amide bonds. The van der Waals surface area contributed by atoms with E-state index in [4.69, 9.17) is 9.47 Å². The number of aromatic nitrogens is 4. The van der Waals surface area contributed by atoms with Crippen LogP contribution in [-0.4, -0.2) is 45.5 Å². The van der Waals surface area contributed by atoms with Crippen molar-refractivity contribution in [2.75, 3.05) is 7.11 Å². The number of nitrogens with one attached hydrogen (secondary N) is 1. The maximum atomic E-state index is 6.09. The van der Waals surface area contributed by atoms with Crippen LogP contribution in [0.2, 0.25) is 0 Å². The molecule has 29 heavy (non-hydrogen) atoms. The molecule has 0 spiro atoms. The molecular weight excluding hydrogens is 386 g/mol. The van der Waals surface area contributed by atoms with E-state index in [1.807, 2.05) is 37.4 Å². The fourth-order valence-electron chi connectivity index (χ4n) is 4.20. The van der Waals surface area contributed by atoms with Gasteiger partial charge < -0.3 is 14.8 Å². The van der Waals surface area contributed by atoms with Gasteiger partial charge in [0.2, 0.25) is 11.8 Å². The Morgan fingerprint density at radius 3 is 2.48 bits per heavy atom. The number of aryl methyl sites for hydroxylation is 1. The summed E-state index contributed by atoms with van der Waals surface area (Å²) < 4.78 is 11.6. The lowest BCUT2D eigenvalue weighted by atomic mass is 10.0. The van der Waals surface area contributed by atoms with Gasteiger partial charge in [0.1, 0.15) is 11.8 Å². The molecule has 0 aromatic carbocycles. The minimum Gasteiger partial charge on any atom is -0.481 e. The number of hydrogen-bond acceptors (Lipinski definition) is 8. The number of thiazole rings is 1. The van der Waals surface area contributed by atoms with Crippen LogP contribution in [0, 0.1) is 6.92 Å². The van der Waals surface area contributed by atoms with Gasteiger partial charge in [-0.3, -0.25) is 0 Å². The Morgan fingerprint density at radius 2 is 1.83 bits per heavy atom. The van der Waals surface area contributed by atoms with Crippen LogP contribution in [0.15, 0.2) is 30.5 Å². The summed E-state index contributed by atoms with van der Waals surface area (Å²) in [6.07, 6.45) is 6.64. The Bertz CT molecular complexity index is 995. The maximum Gasteiger partial charge on any atom is 0.233 e. The molecule has 5 heterocycles. The van der Waals surface area contributed by atoms with Crippen LogP contribution in [0.5, 0.6) is 11.8 Å². The highest BCUT2D eigenvalue weighted by Gasteiger charge is 2.34. The van der Waals surface area contributed by atoms with Crippen molar-refractivity contribution in [2.24, 2.45) is 0 Å². The van der Waals surface area contributed by atoms with Crippen LogP contribution in [0.4, 0.5) is 0 Å².